The number of anilines is 1. The molecule has 1 heterocycles. The molecule has 1 N–H and O–H groups in total. The summed E-state index contributed by atoms with van der Waals surface area (Å²) in [6.45, 7) is 1.07. The summed E-state index contributed by atoms with van der Waals surface area (Å²) in [6.07, 6.45) is -9.38. The van der Waals surface area contributed by atoms with Crippen LogP contribution >= 0.6 is 11.6 Å². The fourth-order valence-electron chi connectivity index (χ4n) is 3.92. The summed E-state index contributed by atoms with van der Waals surface area (Å²) >= 11 is 5.82. The molecule has 6 nitrogen and oxygen atoms in total. The van der Waals surface area contributed by atoms with Crippen LogP contribution in [0.25, 0.3) is 0 Å². The Morgan fingerprint density at radius 2 is 1.59 bits per heavy atom. The molecule has 1 fully saturated rings. The normalized spacial score (nSPS) is 16.8. The van der Waals surface area contributed by atoms with E-state index in [0.717, 1.165) is 42.5 Å². The van der Waals surface area contributed by atoms with Crippen molar-refractivity contribution >= 4 is 27.3 Å². The Morgan fingerprint density at radius 3 is 2.18 bits per heavy atom. The second kappa shape index (κ2) is 10.8. The summed E-state index contributed by atoms with van der Waals surface area (Å²) in [5, 5.41) is -0.659. The zero-order chi connectivity index (χ0) is 28.6. The second-order valence-electron chi connectivity index (χ2n) is 8.79. The number of nitrogens with zero attached hydrogens (tertiary/aromatic N) is 1. The minimum atomic E-state index is -4.71. The molecule has 0 amide bonds. The lowest BCUT2D eigenvalue weighted by Crippen LogP contribution is -2.23. The number of benzene rings is 3. The Balaban J connectivity index is 1.53. The maximum atomic E-state index is 13.5. The van der Waals surface area contributed by atoms with E-state index in [4.69, 9.17) is 21.1 Å². The first-order valence-corrected chi connectivity index (χ1v) is 13.2. The predicted molar refractivity (Wildman–Crippen MR) is 132 cm³/mol. The Hall–Kier alpha value is -3.16. The molecule has 1 atom stereocenters. The molecule has 1 aliphatic heterocycles. The van der Waals surface area contributed by atoms with Crippen molar-refractivity contribution in [2.75, 3.05) is 24.9 Å². The number of likely N-dealkylation sites (N-methyl/N-ethyl adjacent to an activating group) is 1. The molecule has 210 valence electrons. The van der Waals surface area contributed by atoms with Crippen molar-refractivity contribution in [3.05, 3.63) is 76.8 Å². The van der Waals surface area contributed by atoms with Crippen LogP contribution in [0.1, 0.15) is 17.5 Å². The third-order valence-electron chi connectivity index (χ3n) is 5.81. The summed E-state index contributed by atoms with van der Waals surface area (Å²) in [7, 11) is -2.46. The lowest BCUT2D eigenvalue weighted by molar-refractivity contribution is -0.139. The number of alkyl halides is 6. The van der Waals surface area contributed by atoms with Crippen molar-refractivity contribution in [1.29, 1.82) is 0 Å². The van der Waals surface area contributed by atoms with E-state index in [-0.39, 0.29) is 22.1 Å². The van der Waals surface area contributed by atoms with Crippen molar-refractivity contribution in [3.8, 4) is 17.2 Å². The van der Waals surface area contributed by atoms with Gasteiger partial charge in [0.25, 0.3) is 10.0 Å². The van der Waals surface area contributed by atoms with Gasteiger partial charge in [0.05, 0.1) is 26.7 Å². The van der Waals surface area contributed by atoms with Gasteiger partial charge in [-0.05, 0) is 62.0 Å². The molecule has 0 saturated carbocycles. The average molecular weight is 595 g/mol. The van der Waals surface area contributed by atoms with E-state index in [1.807, 2.05) is 11.9 Å². The van der Waals surface area contributed by atoms with Crippen molar-refractivity contribution in [2.45, 2.75) is 29.8 Å². The quantitative estimate of drug-likeness (QED) is 0.297. The number of nitrogens with one attached hydrogen (secondary N) is 1. The van der Waals surface area contributed by atoms with E-state index in [9.17, 15) is 34.8 Å². The van der Waals surface area contributed by atoms with E-state index < -0.39 is 50.4 Å². The first-order chi connectivity index (χ1) is 18.1. The third-order valence-corrected chi connectivity index (χ3v) is 7.60. The number of hydrogen-bond acceptors (Lipinski definition) is 5. The fourth-order valence-corrected chi connectivity index (χ4v) is 5.25. The summed E-state index contributed by atoms with van der Waals surface area (Å²) in [6, 6.07) is 10.4. The Kier molecular flexibility index (Phi) is 7.97. The maximum absolute atomic E-state index is 13.5. The number of likely N-dealkylation sites (tertiary alicyclic amines) is 1. The summed E-state index contributed by atoms with van der Waals surface area (Å²) in [4.78, 5) is 1.63. The summed E-state index contributed by atoms with van der Waals surface area (Å²) < 4.78 is 119. The number of rotatable bonds is 7. The molecule has 0 spiro atoms. The molecule has 39 heavy (non-hydrogen) atoms. The van der Waals surface area contributed by atoms with Crippen LogP contribution in [-0.2, 0) is 22.4 Å². The first kappa shape index (κ1) is 28.8. The van der Waals surface area contributed by atoms with Gasteiger partial charge in [0.2, 0.25) is 0 Å². The van der Waals surface area contributed by atoms with Crippen LogP contribution in [0, 0.1) is 0 Å². The highest BCUT2D eigenvalue weighted by Gasteiger charge is 2.36. The van der Waals surface area contributed by atoms with E-state index in [2.05, 4.69) is 4.72 Å². The van der Waals surface area contributed by atoms with Gasteiger partial charge in [0.1, 0.15) is 23.4 Å². The number of halogens is 7. The van der Waals surface area contributed by atoms with Crippen LogP contribution in [0.5, 0.6) is 17.2 Å². The molecule has 0 aromatic heterocycles. The van der Waals surface area contributed by atoms with Crippen LogP contribution in [0.2, 0.25) is 5.02 Å². The summed E-state index contributed by atoms with van der Waals surface area (Å²) in [5.74, 6) is -0.780. The first-order valence-electron chi connectivity index (χ1n) is 11.4. The lowest BCUT2D eigenvalue weighted by Gasteiger charge is -2.19. The molecule has 1 aliphatic rings. The lowest BCUT2D eigenvalue weighted by atomic mass is 10.1. The van der Waals surface area contributed by atoms with Gasteiger partial charge in [-0.3, -0.25) is 4.72 Å². The van der Waals surface area contributed by atoms with E-state index >= 15 is 0 Å². The molecule has 3 aromatic carbocycles. The van der Waals surface area contributed by atoms with Crippen molar-refractivity contribution in [1.82, 2.24) is 4.90 Å². The smallest absolute Gasteiger partial charge is 0.419 e. The SMILES string of the molecule is CN1CC[C@@H](Oc2cc(NS(=O)(=O)c3ccc(Oc4cccc(C(F)(F)F)c4Cl)cc3)ccc2C(F)(F)F)C1. The van der Waals surface area contributed by atoms with Gasteiger partial charge in [-0.15, -0.1) is 0 Å². The van der Waals surface area contributed by atoms with Gasteiger partial charge in [-0.2, -0.15) is 26.3 Å². The molecule has 14 heteroatoms. The Labute approximate surface area is 225 Å². The third kappa shape index (κ3) is 6.89. The van der Waals surface area contributed by atoms with Gasteiger partial charge in [0.15, 0.2) is 0 Å². The molecule has 1 saturated heterocycles. The van der Waals surface area contributed by atoms with Crippen molar-refractivity contribution < 1.29 is 44.2 Å². The largest absolute Gasteiger partial charge is 0.488 e. The van der Waals surface area contributed by atoms with E-state index in [0.29, 0.717) is 19.5 Å². The van der Waals surface area contributed by atoms with Crippen molar-refractivity contribution in [2.24, 2.45) is 0 Å². The molecular weight excluding hydrogens is 574 g/mol. The van der Waals surface area contributed by atoms with Crippen LogP contribution in [0.4, 0.5) is 32.0 Å². The highest BCUT2D eigenvalue weighted by Crippen LogP contribution is 2.41. The van der Waals surface area contributed by atoms with Crippen LogP contribution in [-0.4, -0.2) is 39.6 Å². The van der Waals surface area contributed by atoms with Gasteiger partial charge >= 0.3 is 12.4 Å². The minimum absolute atomic E-state index is 0.00178. The molecule has 4 rings (SSSR count). The second-order valence-corrected chi connectivity index (χ2v) is 10.9. The van der Waals surface area contributed by atoms with Gasteiger partial charge in [-0.1, -0.05) is 17.7 Å². The highest BCUT2D eigenvalue weighted by molar-refractivity contribution is 7.92. The zero-order valence-corrected chi connectivity index (χ0v) is 21.7. The average Bonchev–Trinajstić information content (AvgIpc) is 3.23. The number of ether oxygens (including phenoxy) is 2. The predicted octanol–water partition coefficient (Wildman–Crippen LogP) is 7.05. The molecule has 0 aliphatic carbocycles. The van der Waals surface area contributed by atoms with Crippen molar-refractivity contribution in [3.63, 3.8) is 0 Å². The Bertz CT molecular complexity index is 1450. The van der Waals surface area contributed by atoms with Gasteiger partial charge in [0, 0.05) is 19.2 Å². The standard InChI is InChI=1S/C25H21ClF6N2O4S/c1-34-12-11-17(14-34)38-22-13-15(5-10-19(22)24(27,28)29)33-39(35,36)18-8-6-16(7-9-18)37-21-4-2-3-20(23(21)26)25(30,31)32/h2-10,13,17,33H,11-12,14H2,1H3/t17-/m1/s1. The molecule has 0 radical (unpaired) electrons. The maximum Gasteiger partial charge on any atom is 0.419 e. The Morgan fingerprint density at radius 1 is 0.923 bits per heavy atom. The zero-order valence-electron chi connectivity index (χ0n) is 20.1. The van der Waals surface area contributed by atoms with Gasteiger partial charge in [-0.25, -0.2) is 8.42 Å². The van der Waals surface area contributed by atoms with E-state index in [1.165, 1.54) is 18.2 Å². The fraction of sp³-hybridized carbons (Fsp3) is 0.280. The highest BCUT2D eigenvalue weighted by atomic mass is 35.5. The van der Waals surface area contributed by atoms with Crippen LogP contribution in [0.3, 0.4) is 0 Å². The van der Waals surface area contributed by atoms with Crippen LogP contribution in [0.15, 0.2) is 65.6 Å². The summed E-state index contributed by atoms with van der Waals surface area (Å²) in [5.41, 5.74) is -2.28. The number of sulfonamides is 1. The minimum Gasteiger partial charge on any atom is -0.488 e. The molecular formula is C25H21ClF6N2O4S. The van der Waals surface area contributed by atoms with E-state index in [1.54, 1.807) is 0 Å². The molecule has 0 unspecified atom stereocenters. The molecule has 0 bridgehead atoms. The molecule has 3 aromatic rings. The van der Waals surface area contributed by atoms with Crippen LogP contribution < -0.4 is 14.2 Å². The monoisotopic (exact) mass is 594 g/mol. The van der Waals surface area contributed by atoms with Gasteiger partial charge < -0.3 is 14.4 Å². The number of hydrogen-bond donors (Lipinski definition) is 1. The topological polar surface area (TPSA) is 67.9 Å².